The van der Waals surface area contributed by atoms with E-state index >= 15 is 0 Å². The van der Waals surface area contributed by atoms with Gasteiger partial charge in [0, 0.05) is 11.9 Å². The number of aryl methyl sites for hydroxylation is 1. The van der Waals surface area contributed by atoms with Crippen LogP contribution in [0, 0.1) is 11.3 Å². The molecule has 1 heterocycles. The van der Waals surface area contributed by atoms with Gasteiger partial charge in [0.15, 0.2) is 0 Å². The van der Waals surface area contributed by atoms with Crippen molar-refractivity contribution in [3.63, 3.8) is 0 Å². The predicted octanol–water partition coefficient (Wildman–Crippen LogP) is 4.49. The third-order valence-corrected chi connectivity index (χ3v) is 3.59. The van der Waals surface area contributed by atoms with Crippen molar-refractivity contribution in [3.8, 4) is 6.07 Å². The van der Waals surface area contributed by atoms with E-state index < -0.39 is 0 Å². The largest absolute Gasteiger partial charge is 0.331 e. The van der Waals surface area contributed by atoms with Crippen LogP contribution >= 0.6 is 34.8 Å². The van der Waals surface area contributed by atoms with Crippen molar-refractivity contribution in [3.05, 3.63) is 32.9 Å². The number of hydrogen-bond acceptors (Lipinski definition) is 1. The maximum absolute atomic E-state index is 9.06. The second kappa shape index (κ2) is 4.18. The fourth-order valence-corrected chi connectivity index (χ4v) is 2.40. The summed E-state index contributed by atoms with van der Waals surface area (Å²) in [5.74, 6) is 0. The Morgan fingerprint density at radius 3 is 2.44 bits per heavy atom. The van der Waals surface area contributed by atoms with Gasteiger partial charge in [0.2, 0.25) is 0 Å². The van der Waals surface area contributed by atoms with Crippen LogP contribution in [0.2, 0.25) is 15.2 Å². The Morgan fingerprint density at radius 1 is 1.25 bits per heavy atom. The van der Waals surface area contributed by atoms with E-state index in [1.165, 1.54) is 0 Å². The molecule has 0 radical (unpaired) electrons. The third-order valence-electron chi connectivity index (χ3n) is 2.47. The van der Waals surface area contributed by atoms with E-state index in [0.717, 1.165) is 10.9 Å². The average Bonchev–Trinajstić information content (AvgIpc) is 2.50. The van der Waals surface area contributed by atoms with Crippen molar-refractivity contribution in [2.24, 2.45) is 0 Å². The molecule has 0 unspecified atom stereocenters. The Bertz CT molecular complexity index is 608. The minimum Gasteiger partial charge on any atom is -0.331 e. The van der Waals surface area contributed by atoms with Gasteiger partial charge in [-0.2, -0.15) is 5.26 Å². The van der Waals surface area contributed by atoms with Gasteiger partial charge in [-0.15, -0.1) is 0 Å². The van der Waals surface area contributed by atoms with Gasteiger partial charge in [-0.05, 0) is 19.1 Å². The molecule has 0 aliphatic carbocycles. The van der Waals surface area contributed by atoms with Crippen molar-refractivity contribution in [1.29, 1.82) is 5.26 Å². The summed E-state index contributed by atoms with van der Waals surface area (Å²) in [6.07, 6.45) is 0. The SMILES string of the molecule is CCn1c(Cl)c(C#N)c2cc(Cl)c(Cl)cc21. The number of benzene rings is 1. The lowest BCUT2D eigenvalue weighted by Gasteiger charge is -2.02. The van der Waals surface area contributed by atoms with Crippen LogP contribution in [0.1, 0.15) is 12.5 Å². The van der Waals surface area contributed by atoms with Crippen molar-refractivity contribution in [2.75, 3.05) is 0 Å². The maximum atomic E-state index is 9.06. The molecule has 0 aliphatic rings. The van der Waals surface area contributed by atoms with Crippen LogP contribution in [-0.4, -0.2) is 4.57 Å². The first-order chi connectivity index (χ1) is 7.60. The van der Waals surface area contributed by atoms with Gasteiger partial charge in [-0.3, -0.25) is 0 Å². The number of nitrogens with zero attached hydrogens (tertiary/aromatic N) is 2. The number of aromatic nitrogens is 1. The standard InChI is InChI=1S/C11H7Cl3N2/c1-2-16-10-4-9(13)8(12)3-6(10)7(5-15)11(16)14/h3-4H,2H2,1H3. The molecule has 2 rings (SSSR count). The number of hydrogen-bond donors (Lipinski definition) is 0. The van der Waals surface area contributed by atoms with Crippen molar-refractivity contribution in [1.82, 2.24) is 4.57 Å². The monoisotopic (exact) mass is 272 g/mol. The Hall–Kier alpha value is -0.880. The molecule has 0 N–H and O–H groups in total. The van der Waals surface area contributed by atoms with Gasteiger partial charge in [0.25, 0.3) is 0 Å². The maximum Gasteiger partial charge on any atom is 0.128 e. The average molecular weight is 274 g/mol. The Balaban J connectivity index is 2.96. The normalized spacial score (nSPS) is 10.7. The summed E-state index contributed by atoms with van der Waals surface area (Å²) in [5.41, 5.74) is 1.27. The molecule has 82 valence electrons. The first-order valence-electron chi connectivity index (χ1n) is 4.67. The van der Waals surface area contributed by atoms with Crippen LogP contribution in [0.5, 0.6) is 0 Å². The van der Waals surface area contributed by atoms with E-state index in [0.29, 0.717) is 27.3 Å². The molecule has 16 heavy (non-hydrogen) atoms. The van der Waals surface area contributed by atoms with Gasteiger partial charge >= 0.3 is 0 Å². The summed E-state index contributed by atoms with van der Waals surface area (Å²) in [6.45, 7) is 2.63. The quantitative estimate of drug-likeness (QED) is 0.752. The second-order valence-electron chi connectivity index (χ2n) is 3.31. The van der Waals surface area contributed by atoms with Crippen molar-refractivity contribution >= 4 is 45.7 Å². The molecule has 0 spiro atoms. The molecule has 1 aromatic carbocycles. The summed E-state index contributed by atoms with van der Waals surface area (Å²) in [5, 5.41) is 11.1. The topological polar surface area (TPSA) is 28.7 Å². The molecule has 2 nitrogen and oxygen atoms in total. The molecule has 0 atom stereocenters. The van der Waals surface area contributed by atoms with Crippen LogP contribution in [0.15, 0.2) is 12.1 Å². The minimum atomic E-state index is 0.426. The number of rotatable bonds is 1. The summed E-state index contributed by atoms with van der Waals surface area (Å²) >= 11 is 18.0. The molecular formula is C11H7Cl3N2. The molecular weight excluding hydrogens is 266 g/mol. The predicted molar refractivity (Wildman–Crippen MR) is 67.4 cm³/mol. The summed E-state index contributed by atoms with van der Waals surface area (Å²) < 4.78 is 1.83. The Labute approximate surface area is 108 Å². The van der Waals surface area contributed by atoms with Gasteiger partial charge in [0.1, 0.15) is 11.2 Å². The van der Waals surface area contributed by atoms with E-state index in [2.05, 4.69) is 6.07 Å². The summed E-state index contributed by atoms with van der Waals surface area (Å²) in [7, 11) is 0. The number of nitriles is 1. The van der Waals surface area contributed by atoms with Crippen LogP contribution < -0.4 is 0 Å². The minimum absolute atomic E-state index is 0.426. The van der Waals surface area contributed by atoms with Gasteiger partial charge in [-0.25, -0.2) is 0 Å². The smallest absolute Gasteiger partial charge is 0.128 e. The lowest BCUT2D eigenvalue weighted by molar-refractivity contribution is 0.797. The Kier molecular flexibility index (Phi) is 3.03. The fraction of sp³-hybridized carbons (Fsp3) is 0.182. The van der Waals surface area contributed by atoms with Crippen molar-refractivity contribution in [2.45, 2.75) is 13.5 Å². The van der Waals surface area contributed by atoms with Crippen molar-refractivity contribution < 1.29 is 0 Å². The first kappa shape index (κ1) is 11.6. The first-order valence-corrected chi connectivity index (χ1v) is 5.80. The lowest BCUT2D eigenvalue weighted by atomic mass is 10.2. The summed E-state index contributed by atoms with van der Waals surface area (Å²) in [4.78, 5) is 0. The zero-order valence-electron chi connectivity index (χ0n) is 8.39. The molecule has 0 bridgehead atoms. The zero-order valence-corrected chi connectivity index (χ0v) is 10.7. The van der Waals surface area contributed by atoms with Crippen LogP contribution in [-0.2, 0) is 6.54 Å². The fourth-order valence-electron chi connectivity index (χ4n) is 1.73. The molecule has 0 fully saturated rings. The molecule has 0 saturated carbocycles. The molecule has 1 aromatic heterocycles. The number of halogens is 3. The van der Waals surface area contributed by atoms with Crippen LogP contribution in [0.3, 0.4) is 0 Å². The molecule has 0 saturated heterocycles. The van der Waals surface area contributed by atoms with E-state index in [-0.39, 0.29) is 0 Å². The van der Waals surface area contributed by atoms with E-state index in [1.54, 1.807) is 12.1 Å². The van der Waals surface area contributed by atoms with Gasteiger partial charge in [0.05, 0.1) is 21.1 Å². The second-order valence-corrected chi connectivity index (χ2v) is 4.48. The highest BCUT2D eigenvalue weighted by Crippen LogP contribution is 2.34. The van der Waals surface area contributed by atoms with E-state index in [4.69, 9.17) is 40.1 Å². The van der Waals surface area contributed by atoms with Gasteiger partial charge < -0.3 is 4.57 Å². The molecule has 5 heteroatoms. The molecule has 0 amide bonds. The highest BCUT2D eigenvalue weighted by atomic mass is 35.5. The Morgan fingerprint density at radius 2 is 1.88 bits per heavy atom. The van der Waals surface area contributed by atoms with Crippen LogP contribution in [0.4, 0.5) is 0 Å². The van der Waals surface area contributed by atoms with E-state index in [1.807, 2.05) is 11.5 Å². The summed E-state index contributed by atoms with van der Waals surface area (Å²) in [6, 6.07) is 5.49. The highest BCUT2D eigenvalue weighted by molar-refractivity contribution is 6.43. The highest BCUT2D eigenvalue weighted by Gasteiger charge is 2.16. The van der Waals surface area contributed by atoms with E-state index in [9.17, 15) is 0 Å². The third kappa shape index (κ3) is 1.56. The zero-order chi connectivity index (χ0) is 11.9. The van der Waals surface area contributed by atoms with Gasteiger partial charge in [-0.1, -0.05) is 34.8 Å². The molecule has 2 aromatic rings. The lowest BCUT2D eigenvalue weighted by Crippen LogP contribution is -1.93. The molecule has 0 aliphatic heterocycles. The number of fused-ring (bicyclic) bond motifs is 1. The van der Waals surface area contributed by atoms with Crippen LogP contribution in [0.25, 0.3) is 10.9 Å².